The second kappa shape index (κ2) is 10.5. The minimum atomic E-state index is 0. The first-order valence-electron chi connectivity index (χ1n) is 7.40. The molecule has 0 saturated carbocycles. The molecule has 7 heteroatoms. The topological polar surface area (TPSA) is 48.3 Å². The minimum Gasteiger partial charge on any atom is -0.492 e. The van der Waals surface area contributed by atoms with Crippen LogP contribution < -0.4 is 14.8 Å². The fraction of sp³-hybridized carbons (Fsp3) is 0.438. The summed E-state index contributed by atoms with van der Waals surface area (Å²) in [7, 11) is 1.65. The van der Waals surface area contributed by atoms with Crippen LogP contribution in [0.1, 0.15) is 18.9 Å². The first kappa shape index (κ1) is 19.8. The van der Waals surface area contributed by atoms with Crippen molar-refractivity contribution in [1.82, 2.24) is 14.9 Å². The van der Waals surface area contributed by atoms with E-state index >= 15 is 0 Å². The van der Waals surface area contributed by atoms with E-state index in [1.54, 1.807) is 13.3 Å². The highest BCUT2D eigenvalue weighted by molar-refractivity contribution is 9.10. The van der Waals surface area contributed by atoms with Crippen LogP contribution in [0.2, 0.25) is 0 Å². The molecular formula is C16H23BrClN3O2. The Morgan fingerprint density at radius 1 is 1.35 bits per heavy atom. The van der Waals surface area contributed by atoms with Crippen LogP contribution in [0.3, 0.4) is 0 Å². The number of rotatable bonds is 9. The summed E-state index contributed by atoms with van der Waals surface area (Å²) in [6.45, 7) is 5.31. The molecule has 0 atom stereocenters. The zero-order valence-corrected chi connectivity index (χ0v) is 15.8. The molecule has 1 aromatic heterocycles. The molecule has 0 aliphatic carbocycles. The van der Waals surface area contributed by atoms with Crippen molar-refractivity contribution < 1.29 is 9.47 Å². The van der Waals surface area contributed by atoms with Gasteiger partial charge >= 0.3 is 0 Å². The van der Waals surface area contributed by atoms with Crippen LogP contribution >= 0.6 is 28.3 Å². The Hall–Kier alpha value is -1.24. The first-order valence-corrected chi connectivity index (χ1v) is 8.19. The van der Waals surface area contributed by atoms with Gasteiger partial charge in [-0.15, -0.1) is 12.4 Å². The third kappa shape index (κ3) is 6.05. The van der Waals surface area contributed by atoms with Gasteiger partial charge in [0.1, 0.15) is 0 Å². The number of imidazole rings is 1. The quantitative estimate of drug-likeness (QED) is 0.648. The van der Waals surface area contributed by atoms with Crippen molar-refractivity contribution in [1.29, 1.82) is 0 Å². The van der Waals surface area contributed by atoms with Crippen LogP contribution in [0, 0.1) is 0 Å². The molecule has 0 aliphatic heterocycles. The molecule has 128 valence electrons. The summed E-state index contributed by atoms with van der Waals surface area (Å²) >= 11 is 3.53. The van der Waals surface area contributed by atoms with Gasteiger partial charge in [0.2, 0.25) is 0 Å². The zero-order valence-electron chi connectivity index (χ0n) is 13.4. The minimum absolute atomic E-state index is 0. The van der Waals surface area contributed by atoms with Crippen LogP contribution in [0.15, 0.2) is 35.3 Å². The number of hydrogen-bond acceptors (Lipinski definition) is 4. The summed E-state index contributed by atoms with van der Waals surface area (Å²) in [5, 5.41) is 3.45. The second-order valence-corrected chi connectivity index (χ2v) is 5.73. The molecule has 0 bridgehead atoms. The summed E-state index contributed by atoms with van der Waals surface area (Å²) < 4.78 is 14.0. The third-order valence-corrected chi connectivity index (χ3v) is 3.82. The molecule has 0 saturated heterocycles. The SMILES string of the molecule is CCOc1cc(CNCCCn2ccnc2)cc(Br)c1OC.Cl. The molecule has 1 heterocycles. The summed E-state index contributed by atoms with van der Waals surface area (Å²) in [5.74, 6) is 1.51. The Morgan fingerprint density at radius 2 is 2.17 bits per heavy atom. The lowest BCUT2D eigenvalue weighted by atomic mass is 10.2. The van der Waals surface area contributed by atoms with Crippen LogP contribution in [0.5, 0.6) is 11.5 Å². The monoisotopic (exact) mass is 403 g/mol. The van der Waals surface area contributed by atoms with Gasteiger partial charge in [-0.25, -0.2) is 4.98 Å². The Kier molecular flexibility index (Phi) is 9.06. The van der Waals surface area contributed by atoms with E-state index < -0.39 is 0 Å². The van der Waals surface area contributed by atoms with Crippen molar-refractivity contribution in [2.75, 3.05) is 20.3 Å². The van der Waals surface area contributed by atoms with E-state index in [9.17, 15) is 0 Å². The average Bonchev–Trinajstić information content (AvgIpc) is 3.00. The zero-order chi connectivity index (χ0) is 15.8. The number of nitrogens with zero attached hydrogens (tertiary/aromatic N) is 2. The number of benzene rings is 1. The lowest BCUT2D eigenvalue weighted by molar-refractivity contribution is 0.309. The van der Waals surface area contributed by atoms with Gasteiger partial charge in [-0.2, -0.15) is 0 Å². The number of hydrogen-bond donors (Lipinski definition) is 1. The number of methoxy groups -OCH3 is 1. The lowest BCUT2D eigenvalue weighted by Gasteiger charge is -2.13. The molecule has 23 heavy (non-hydrogen) atoms. The van der Waals surface area contributed by atoms with Gasteiger partial charge in [0.15, 0.2) is 11.5 Å². The van der Waals surface area contributed by atoms with E-state index in [2.05, 4.69) is 36.9 Å². The Morgan fingerprint density at radius 3 is 2.83 bits per heavy atom. The summed E-state index contributed by atoms with van der Waals surface area (Å²) in [6, 6.07) is 4.08. The van der Waals surface area contributed by atoms with Crippen molar-refractivity contribution in [3.05, 3.63) is 40.9 Å². The predicted octanol–water partition coefficient (Wildman–Crippen LogP) is 3.65. The van der Waals surface area contributed by atoms with Crippen molar-refractivity contribution in [3.63, 3.8) is 0 Å². The molecule has 2 aromatic rings. The van der Waals surface area contributed by atoms with Crippen molar-refractivity contribution in [3.8, 4) is 11.5 Å². The van der Waals surface area contributed by atoms with Crippen LogP contribution in [-0.4, -0.2) is 29.8 Å². The number of aromatic nitrogens is 2. The van der Waals surface area contributed by atoms with E-state index in [1.165, 1.54) is 5.56 Å². The molecule has 2 rings (SSSR count). The van der Waals surface area contributed by atoms with Crippen LogP contribution in [0.25, 0.3) is 0 Å². The van der Waals surface area contributed by atoms with E-state index in [-0.39, 0.29) is 12.4 Å². The van der Waals surface area contributed by atoms with Crippen molar-refractivity contribution >= 4 is 28.3 Å². The van der Waals surface area contributed by atoms with E-state index in [1.807, 2.05) is 25.5 Å². The van der Waals surface area contributed by atoms with Crippen molar-refractivity contribution in [2.45, 2.75) is 26.4 Å². The van der Waals surface area contributed by atoms with E-state index in [4.69, 9.17) is 9.47 Å². The smallest absolute Gasteiger partial charge is 0.174 e. The largest absolute Gasteiger partial charge is 0.492 e. The molecule has 0 aliphatic rings. The Bertz CT molecular complexity index is 579. The van der Waals surface area contributed by atoms with Crippen molar-refractivity contribution in [2.24, 2.45) is 0 Å². The van der Waals surface area contributed by atoms with Gasteiger partial charge in [0, 0.05) is 25.5 Å². The molecule has 0 unspecified atom stereocenters. The van der Waals surface area contributed by atoms with Crippen LogP contribution in [-0.2, 0) is 13.1 Å². The number of nitrogens with one attached hydrogen (secondary N) is 1. The second-order valence-electron chi connectivity index (χ2n) is 4.87. The lowest BCUT2D eigenvalue weighted by Crippen LogP contribution is -2.16. The number of ether oxygens (including phenoxy) is 2. The highest BCUT2D eigenvalue weighted by Gasteiger charge is 2.10. The number of aryl methyl sites for hydroxylation is 1. The fourth-order valence-corrected chi connectivity index (χ4v) is 2.87. The third-order valence-electron chi connectivity index (χ3n) is 3.23. The predicted molar refractivity (Wildman–Crippen MR) is 97.7 cm³/mol. The maximum absolute atomic E-state index is 5.63. The van der Waals surface area contributed by atoms with Crippen LogP contribution in [0.4, 0.5) is 0 Å². The van der Waals surface area contributed by atoms with Gasteiger partial charge in [-0.3, -0.25) is 0 Å². The average molecular weight is 405 g/mol. The first-order chi connectivity index (χ1) is 10.7. The van der Waals surface area contributed by atoms with Gasteiger partial charge in [-0.1, -0.05) is 0 Å². The summed E-state index contributed by atoms with van der Waals surface area (Å²) in [4.78, 5) is 4.03. The molecule has 5 nitrogen and oxygen atoms in total. The summed E-state index contributed by atoms with van der Waals surface area (Å²) in [5.41, 5.74) is 1.17. The van der Waals surface area contributed by atoms with E-state index in [0.717, 1.165) is 42.0 Å². The standard InChI is InChI=1S/C16H22BrN3O2.ClH/c1-3-22-15-10-13(9-14(17)16(15)21-2)11-18-5-4-7-20-8-6-19-12-20;/h6,8-10,12,18H,3-5,7,11H2,1-2H3;1H. The maximum atomic E-state index is 5.63. The molecule has 1 N–H and O–H groups in total. The Balaban J connectivity index is 0.00000264. The number of halogens is 2. The van der Waals surface area contributed by atoms with E-state index in [0.29, 0.717) is 6.61 Å². The Labute approximate surface area is 151 Å². The highest BCUT2D eigenvalue weighted by Crippen LogP contribution is 2.36. The van der Waals surface area contributed by atoms with Gasteiger partial charge in [0.05, 0.1) is 24.5 Å². The maximum Gasteiger partial charge on any atom is 0.174 e. The molecule has 1 aromatic carbocycles. The van der Waals surface area contributed by atoms with Gasteiger partial charge < -0.3 is 19.4 Å². The highest BCUT2D eigenvalue weighted by atomic mass is 79.9. The molecule has 0 spiro atoms. The normalized spacial score (nSPS) is 10.2. The molecule has 0 radical (unpaired) electrons. The molecule has 0 amide bonds. The molecular weight excluding hydrogens is 382 g/mol. The molecule has 0 fully saturated rings. The summed E-state index contributed by atoms with van der Waals surface area (Å²) in [6.07, 6.45) is 6.69. The van der Waals surface area contributed by atoms with Gasteiger partial charge in [0.25, 0.3) is 0 Å². The van der Waals surface area contributed by atoms with Gasteiger partial charge in [-0.05, 0) is 53.5 Å². The fourth-order valence-electron chi connectivity index (χ4n) is 2.22.